The van der Waals surface area contributed by atoms with E-state index < -0.39 is 5.54 Å². The Morgan fingerprint density at radius 1 is 1.50 bits per heavy atom. The first kappa shape index (κ1) is 10.8. The lowest BCUT2D eigenvalue weighted by Crippen LogP contribution is -2.32. The molecule has 0 fully saturated rings. The molecule has 2 rings (SSSR count). The van der Waals surface area contributed by atoms with Gasteiger partial charge in [-0.15, -0.1) is 0 Å². The molecule has 84 valence electrons. The summed E-state index contributed by atoms with van der Waals surface area (Å²) in [5.41, 5.74) is -0.185. The van der Waals surface area contributed by atoms with Crippen molar-refractivity contribution in [3.63, 3.8) is 0 Å². The van der Waals surface area contributed by atoms with Crippen molar-refractivity contribution in [1.29, 1.82) is 0 Å². The average molecular weight is 221 g/mol. The smallest absolute Gasteiger partial charge is 0.340 e. The molecule has 0 N–H and O–H groups in total. The van der Waals surface area contributed by atoms with Gasteiger partial charge in [0.2, 0.25) is 0 Å². The number of rotatable bonds is 2. The maximum atomic E-state index is 13.0. The van der Waals surface area contributed by atoms with Crippen LogP contribution < -0.4 is 0 Å². The van der Waals surface area contributed by atoms with Crippen molar-refractivity contribution in [1.82, 2.24) is 0 Å². The normalized spacial score (nSPS) is 24.2. The predicted octanol–water partition coefficient (Wildman–Crippen LogP) is 2.10. The summed E-state index contributed by atoms with van der Waals surface area (Å²) >= 11 is 0. The van der Waals surface area contributed by atoms with Crippen LogP contribution in [0.3, 0.4) is 0 Å². The molecule has 0 saturated carbocycles. The van der Waals surface area contributed by atoms with Crippen LogP contribution in [0.1, 0.15) is 19.4 Å². The lowest BCUT2D eigenvalue weighted by molar-refractivity contribution is -0.138. The Morgan fingerprint density at radius 3 is 2.81 bits per heavy atom. The van der Waals surface area contributed by atoms with Crippen molar-refractivity contribution in [2.24, 2.45) is 4.99 Å². The van der Waals surface area contributed by atoms with Crippen molar-refractivity contribution < 1.29 is 13.9 Å². The van der Waals surface area contributed by atoms with Gasteiger partial charge in [0.25, 0.3) is 0 Å². The highest BCUT2D eigenvalue weighted by Gasteiger charge is 2.40. The van der Waals surface area contributed by atoms with Crippen molar-refractivity contribution in [3.05, 3.63) is 35.6 Å². The Hall–Kier alpha value is -1.71. The lowest BCUT2D eigenvalue weighted by Gasteiger charge is -2.15. The Balaban J connectivity index is 2.25. The zero-order chi connectivity index (χ0) is 11.8. The standard InChI is InChI=1S/C12H12FNO2/c1-8-14-12(2,11(15)16-8)7-9-4-3-5-10(13)6-9/h3-6H,7H2,1-2H3/t12-/m0/s1. The second-order valence-electron chi connectivity index (χ2n) is 4.10. The monoisotopic (exact) mass is 221 g/mol. The number of esters is 1. The number of cyclic esters (lactones) is 1. The van der Waals surface area contributed by atoms with Crippen LogP contribution in [-0.4, -0.2) is 17.4 Å². The molecular formula is C12H12FNO2. The summed E-state index contributed by atoms with van der Waals surface area (Å²) in [6.07, 6.45) is 0.348. The number of carbonyl (C=O) groups is 1. The van der Waals surface area contributed by atoms with Crippen LogP contribution in [0.25, 0.3) is 0 Å². The average Bonchev–Trinajstić information content (AvgIpc) is 2.39. The van der Waals surface area contributed by atoms with Crippen molar-refractivity contribution >= 4 is 11.9 Å². The fraction of sp³-hybridized carbons (Fsp3) is 0.333. The lowest BCUT2D eigenvalue weighted by atomic mass is 9.94. The summed E-state index contributed by atoms with van der Waals surface area (Å²) in [5.74, 6) is -0.327. The summed E-state index contributed by atoms with van der Waals surface area (Å²) in [6.45, 7) is 3.32. The number of hydrogen-bond acceptors (Lipinski definition) is 3. The molecule has 4 heteroatoms. The van der Waals surface area contributed by atoms with Gasteiger partial charge in [0.15, 0.2) is 11.4 Å². The minimum absolute atomic E-state index is 0.312. The van der Waals surface area contributed by atoms with Crippen molar-refractivity contribution in [3.8, 4) is 0 Å². The van der Waals surface area contributed by atoms with Crippen LogP contribution in [0.15, 0.2) is 29.3 Å². The molecule has 0 aliphatic carbocycles. The van der Waals surface area contributed by atoms with Gasteiger partial charge >= 0.3 is 5.97 Å². The van der Waals surface area contributed by atoms with Crippen LogP contribution in [0.2, 0.25) is 0 Å². The Kier molecular flexibility index (Phi) is 2.50. The van der Waals surface area contributed by atoms with E-state index in [0.29, 0.717) is 12.3 Å². The SMILES string of the molecule is CC1=N[C@@](C)(Cc2cccc(F)c2)C(=O)O1. The number of benzene rings is 1. The minimum Gasteiger partial charge on any atom is -0.410 e. The predicted molar refractivity (Wildman–Crippen MR) is 57.7 cm³/mol. The van der Waals surface area contributed by atoms with E-state index in [2.05, 4.69) is 4.99 Å². The maximum Gasteiger partial charge on any atom is 0.340 e. The van der Waals surface area contributed by atoms with E-state index in [0.717, 1.165) is 5.56 Å². The number of nitrogens with zero attached hydrogens (tertiary/aromatic N) is 1. The molecule has 16 heavy (non-hydrogen) atoms. The Labute approximate surface area is 93.0 Å². The molecular weight excluding hydrogens is 209 g/mol. The third kappa shape index (κ3) is 1.96. The zero-order valence-corrected chi connectivity index (χ0v) is 9.16. The van der Waals surface area contributed by atoms with Crippen LogP contribution in [0, 0.1) is 5.82 Å². The van der Waals surface area contributed by atoms with Gasteiger partial charge in [0.05, 0.1) is 0 Å². The third-order valence-corrected chi connectivity index (χ3v) is 2.52. The first-order chi connectivity index (χ1) is 7.49. The largest absolute Gasteiger partial charge is 0.410 e. The Bertz CT molecular complexity index is 470. The number of halogens is 1. The first-order valence-electron chi connectivity index (χ1n) is 5.03. The molecule has 0 radical (unpaired) electrons. The van der Waals surface area contributed by atoms with Gasteiger partial charge in [-0.25, -0.2) is 14.2 Å². The molecule has 1 aromatic carbocycles. The minimum atomic E-state index is -0.919. The van der Waals surface area contributed by atoms with E-state index >= 15 is 0 Å². The molecule has 0 aromatic heterocycles. The fourth-order valence-corrected chi connectivity index (χ4v) is 1.82. The molecule has 1 aromatic rings. The quantitative estimate of drug-likeness (QED) is 0.717. The molecule has 0 spiro atoms. The van der Waals surface area contributed by atoms with Gasteiger partial charge in [-0.3, -0.25) is 0 Å². The summed E-state index contributed by atoms with van der Waals surface area (Å²) in [6, 6.07) is 6.16. The fourth-order valence-electron chi connectivity index (χ4n) is 1.82. The highest BCUT2D eigenvalue weighted by Crippen LogP contribution is 2.25. The van der Waals surface area contributed by atoms with E-state index in [-0.39, 0.29) is 11.8 Å². The summed E-state index contributed by atoms with van der Waals surface area (Å²) < 4.78 is 17.9. The molecule has 0 amide bonds. The van der Waals surface area contributed by atoms with E-state index in [1.165, 1.54) is 12.1 Å². The van der Waals surface area contributed by atoms with Gasteiger partial charge in [0, 0.05) is 13.3 Å². The zero-order valence-electron chi connectivity index (χ0n) is 9.16. The maximum absolute atomic E-state index is 13.0. The van der Waals surface area contributed by atoms with Gasteiger partial charge in [0.1, 0.15) is 5.82 Å². The molecule has 0 unspecified atom stereocenters. The van der Waals surface area contributed by atoms with E-state index in [9.17, 15) is 9.18 Å². The summed E-state index contributed by atoms with van der Waals surface area (Å²) in [7, 11) is 0. The van der Waals surface area contributed by atoms with Gasteiger partial charge in [-0.2, -0.15) is 0 Å². The first-order valence-corrected chi connectivity index (χ1v) is 5.03. The van der Waals surface area contributed by atoms with Gasteiger partial charge < -0.3 is 4.74 Å². The second kappa shape index (κ2) is 3.70. The van der Waals surface area contributed by atoms with E-state index in [1.807, 2.05) is 0 Å². The second-order valence-corrected chi connectivity index (χ2v) is 4.10. The molecule has 1 heterocycles. The van der Waals surface area contributed by atoms with Crippen LogP contribution in [0.4, 0.5) is 4.39 Å². The topological polar surface area (TPSA) is 38.7 Å². The molecule has 1 aliphatic rings. The van der Waals surface area contributed by atoms with Crippen molar-refractivity contribution in [2.45, 2.75) is 25.8 Å². The van der Waals surface area contributed by atoms with Crippen LogP contribution in [0.5, 0.6) is 0 Å². The van der Waals surface area contributed by atoms with E-state index in [4.69, 9.17) is 4.74 Å². The number of aliphatic imine (C=N–C) groups is 1. The number of hydrogen-bond donors (Lipinski definition) is 0. The van der Waals surface area contributed by atoms with E-state index in [1.54, 1.807) is 26.0 Å². The molecule has 0 bridgehead atoms. The Morgan fingerprint density at radius 2 is 2.25 bits per heavy atom. The van der Waals surface area contributed by atoms with Gasteiger partial charge in [-0.1, -0.05) is 12.1 Å². The number of ether oxygens (including phenoxy) is 1. The van der Waals surface area contributed by atoms with Crippen LogP contribution >= 0.6 is 0 Å². The highest BCUT2D eigenvalue weighted by atomic mass is 19.1. The molecule has 0 saturated heterocycles. The summed E-state index contributed by atoms with van der Waals surface area (Å²) in [5, 5.41) is 0. The van der Waals surface area contributed by atoms with Crippen LogP contribution in [-0.2, 0) is 16.0 Å². The number of carbonyl (C=O) groups excluding carboxylic acids is 1. The van der Waals surface area contributed by atoms with Gasteiger partial charge in [-0.05, 0) is 24.6 Å². The molecule has 1 aliphatic heterocycles. The molecule has 1 atom stereocenters. The summed E-state index contributed by atoms with van der Waals surface area (Å²) in [4.78, 5) is 15.7. The highest BCUT2D eigenvalue weighted by molar-refractivity contribution is 5.98. The molecule has 3 nitrogen and oxygen atoms in total. The third-order valence-electron chi connectivity index (χ3n) is 2.52. The van der Waals surface area contributed by atoms with Crippen molar-refractivity contribution in [2.75, 3.05) is 0 Å².